The number of hydrogen-bond acceptors (Lipinski definition) is 4. The number of benzene rings is 1. The molecule has 0 saturated heterocycles. The van der Waals surface area contributed by atoms with Crippen LogP contribution in [0.4, 0.5) is 0 Å². The monoisotopic (exact) mass is 188 g/mol. The van der Waals surface area contributed by atoms with Gasteiger partial charge in [0.15, 0.2) is 10.7 Å². The van der Waals surface area contributed by atoms with E-state index in [-0.39, 0.29) is 10.6 Å². The van der Waals surface area contributed by atoms with E-state index >= 15 is 0 Å². The van der Waals surface area contributed by atoms with Gasteiger partial charge in [-0.05, 0) is 12.1 Å². The predicted octanol–water partition coefficient (Wildman–Crippen LogP) is 0.371. The summed E-state index contributed by atoms with van der Waals surface area (Å²) in [6, 6.07) is 4.01. The summed E-state index contributed by atoms with van der Waals surface area (Å²) in [5.41, 5.74) is 0. The fourth-order valence-electron chi connectivity index (χ4n) is 0.785. The first-order chi connectivity index (χ1) is 5.65. The minimum Gasteiger partial charge on any atom is -0.506 e. The van der Waals surface area contributed by atoms with Gasteiger partial charge in [-0.3, -0.25) is 0 Å². The van der Waals surface area contributed by atoms with Gasteiger partial charge in [-0.25, -0.2) is 8.42 Å². The van der Waals surface area contributed by atoms with E-state index in [0.29, 0.717) is 5.75 Å². The van der Waals surface area contributed by atoms with Crippen LogP contribution in [0.25, 0.3) is 0 Å². The van der Waals surface area contributed by atoms with Crippen molar-refractivity contribution >= 4 is 10.7 Å². The SMILES string of the molecule is COc1ccc([SH](=O)=O)c(O)c1. The van der Waals surface area contributed by atoms with Crippen LogP contribution >= 0.6 is 0 Å². The topological polar surface area (TPSA) is 63.6 Å². The summed E-state index contributed by atoms with van der Waals surface area (Å²) < 4.78 is 25.7. The Kier molecular flexibility index (Phi) is 2.54. The van der Waals surface area contributed by atoms with Crippen molar-refractivity contribution in [2.45, 2.75) is 4.90 Å². The minimum absolute atomic E-state index is 0.0919. The Hall–Kier alpha value is -1.23. The highest BCUT2D eigenvalue weighted by atomic mass is 32.2. The van der Waals surface area contributed by atoms with Gasteiger partial charge in [0.2, 0.25) is 0 Å². The highest BCUT2D eigenvalue weighted by Crippen LogP contribution is 2.23. The molecule has 0 bridgehead atoms. The van der Waals surface area contributed by atoms with Crippen molar-refractivity contribution in [1.82, 2.24) is 0 Å². The van der Waals surface area contributed by atoms with Gasteiger partial charge in [0.1, 0.15) is 16.4 Å². The van der Waals surface area contributed by atoms with Gasteiger partial charge in [0.25, 0.3) is 0 Å². The van der Waals surface area contributed by atoms with Gasteiger partial charge in [-0.1, -0.05) is 0 Å². The summed E-state index contributed by atoms with van der Waals surface area (Å²) in [6.45, 7) is 0. The number of rotatable bonds is 2. The Morgan fingerprint density at radius 2 is 2.08 bits per heavy atom. The molecule has 1 aromatic carbocycles. The molecule has 0 fully saturated rings. The van der Waals surface area contributed by atoms with E-state index in [9.17, 15) is 8.42 Å². The van der Waals surface area contributed by atoms with Crippen LogP contribution in [-0.4, -0.2) is 20.6 Å². The molecule has 0 aromatic heterocycles. The molecule has 1 aromatic rings. The normalized spacial score (nSPS) is 10.2. The number of phenolic OH excluding ortho intramolecular Hbond substituents is 1. The van der Waals surface area contributed by atoms with E-state index < -0.39 is 10.7 Å². The van der Waals surface area contributed by atoms with E-state index in [1.54, 1.807) is 0 Å². The van der Waals surface area contributed by atoms with Crippen LogP contribution in [0.2, 0.25) is 0 Å². The highest BCUT2D eigenvalue weighted by molar-refractivity contribution is 7.72. The molecule has 0 atom stereocenters. The maximum absolute atomic E-state index is 10.5. The average Bonchev–Trinajstić information content (AvgIpc) is 2.03. The molecule has 1 N–H and O–H groups in total. The lowest BCUT2D eigenvalue weighted by Gasteiger charge is -2.00. The lowest BCUT2D eigenvalue weighted by Crippen LogP contribution is -1.85. The second kappa shape index (κ2) is 3.44. The third-order valence-electron chi connectivity index (χ3n) is 1.38. The standard InChI is InChI=1S/C7H8O4S/c1-11-5-2-3-7(12(9)10)6(8)4-5/h2-4,8,12H,1H3. The van der Waals surface area contributed by atoms with Crippen molar-refractivity contribution in [2.24, 2.45) is 0 Å². The van der Waals surface area contributed by atoms with E-state index in [0.717, 1.165) is 0 Å². The zero-order valence-corrected chi connectivity index (χ0v) is 7.25. The Bertz CT molecular complexity index is 348. The van der Waals surface area contributed by atoms with Crippen molar-refractivity contribution in [3.05, 3.63) is 18.2 Å². The molecule has 5 heteroatoms. The maximum atomic E-state index is 10.5. The van der Waals surface area contributed by atoms with Crippen LogP contribution in [0.5, 0.6) is 11.5 Å². The molecule has 0 aliphatic carbocycles. The van der Waals surface area contributed by atoms with Gasteiger partial charge < -0.3 is 9.84 Å². The first-order valence-corrected chi connectivity index (χ1v) is 4.34. The number of aromatic hydroxyl groups is 1. The smallest absolute Gasteiger partial charge is 0.171 e. The summed E-state index contributed by atoms with van der Waals surface area (Å²) in [7, 11) is -1.30. The molecular formula is C7H8O4S. The molecule has 0 heterocycles. The molecular weight excluding hydrogens is 180 g/mol. The lowest BCUT2D eigenvalue weighted by molar-refractivity contribution is 0.404. The van der Waals surface area contributed by atoms with Crippen molar-refractivity contribution in [2.75, 3.05) is 7.11 Å². The zero-order valence-electron chi connectivity index (χ0n) is 6.35. The Morgan fingerprint density at radius 3 is 2.50 bits per heavy atom. The van der Waals surface area contributed by atoms with Crippen molar-refractivity contribution < 1.29 is 18.3 Å². The van der Waals surface area contributed by atoms with E-state index in [1.165, 1.54) is 25.3 Å². The quantitative estimate of drug-likeness (QED) is 0.658. The van der Waals surface area contributed by atoms with Crippen LogP contribution in [0, 0.1) is 0 Å². The molecule has 0 amide bonds. The summed E-state index contributed by atoms with van der Waals surface area (Å²) >= 11 is 0. The number of methoxy groups -OCH3 is 1. The van der Waals surface area contributed by atoms with Crippen LogP contribution in [-0.2, 0) is 10.7 Å². The number of thiol groups is 1. The molecule has 0 aliphatic heterocycles. The molecule has 0 aliphatic rings. The maximum Gasteiger partial charge on any atom is 0.171 e. The molecule has 4 nitrogen and oxygen atoms in total. The van der Waals surface area contributed by atoms with E-state index in [4.69, 9.17) is 9.84 Å². The second-order valence-corrected chi connectivity index (χ2v) is 3.11. The molecule has 12 heavy (non-hydrogen) atoms. The van der Waals surface area contributed by atoms with Gasteiger partial charge in [-0.15, -0.1) is 0 Å². The second-order valence-electron chi connectivity index (χ2n) is 2.11. The van der Waals surface area contributed by atoms with Gasteiger partial charge in [0, 0.05) is 6.07 Å². The van der Waals surface area contributed by atoms with Crippen molar-refractivity contribution in [1.29, 1.82) is 0 Å². The number of phenols is 1. The Balaban J connectivity index is 3.20. The molecule has 0 unspecified atom stereocenters. The largest absolute Gasteiger partial charge is 0.506 e. The third-order valence-corrected chi connectivity index (χ3v) is 2.15. The minimum atomic E-state index is -2.74. The van der Waals surface area contributed by atoms with Crippen LogP contribution in [0.3, 0.4) is 0 Å². The fraction of sp³-hybridized carbons (Fsp3) is 0.143. The Labute approximate surface area is 71.4 Å². The van der Waals surface area contributed by atoms with E-state index in [1.807, 2.05) is 0 Å². The van der Waals surface area contributed by atoms with Crippen LogP contribution in [0.1, 0.15) is 0 Å². The number of ether oxygens (including phenoxy) is 1. The number of hydrogen-bond donors (Lipinski definition) is 2. The van der Waals surface area contributed by atoms with Crippen molar-refractivity contribution in [3.63, 3.8) is 0 Å². The Morgan fingerprint density at radius 1 is 1.42 bits per heavy atom. The first-order valence-electron chi connectivity index (χ1n) is 3.16. The van der Waals surface area contributed by atoms with E-state index in [2.05, 4.69) is 0 Å². The van der Waals surface area contributed by atoms with Gasteiger partial charge >= 0.3 is 0 Å². The predicted molar refractivity (Wildman–Crippen MR) is 43.2 cm³/mol. The molecule has 0 spiro atoms. The summed E-state index contributed by atoms with van der Waals surface area (Å²) in [5.74, 6) is 0.138. The van der Waals surface area contributed by atoms with Crippen LogP contribution < -0.4 is 4.74 Å². The molecule has 0 radical (unpaired) electrons. The zero-order chi connectivity index (χ0) is 9.14. The summed E-state index contributed by atoms with van der Waals surface area (Å²) in [6.07, 6.45) is 0. The van der Waals surface area contributed by atoms with Crippen LogP contribution in [0.15, 0.2) is 23.1 Å². The van der Waals surface area contributed by atoms with Gasteiger partial charge in [-0.2, -0.15) is 0 Å². The van der Waals surface area contributed by atoms with Crippen molar-refractivity contribution in [3.8, 4) is 11.5 Å². The average molecular weight is 188 g/mol. The highest BCUT2D eigenvalue weighted by Gasteiger charge is 2.03. The fourth-order valence-corrected chi connectivity index (χ4v) is 1.23. The third kappa shape index (κ3) is 1.68. The molecule has 66 valence electrons. The van der Waals surface area contributed by atoms with Gasteiger partial charge in [0.05, 0.1) is 7.11 Å². The first kappa shape index (κ1) is 8.86. The molecule has 0 saturated carbocycles. The molecule has 1 rings (SSSR count). The summed E-state index contributed by atoms with van der Waals surface area (Å²) in [4.78, 5) is -0.0919. The summed E-state index contributed by atoms with van der Waals surface area (Å²) in [5, 5.41) is 9.13. The lowest BCUT2D eigenvalue weighted by atomic mass is 10.3.